The Morgan fingerprint density at radius 3 is 2.60 bits per heavy atom. The zero-order chi connectivity index (χ0) is 11.6. The van der Waals surface area contributed by atoms with Crippen molar-refractivity contribution in [1.29, 1.82) is 0 Å². The van der Waals surface area contributed by atoms with Gasteiger partial charge in [0.25, 0.3) is 0 Å². The lowest BCUT2D eigenvalue weighted by Gasteiger charge is -2.12. The van der Waals surface area contributed by atoms with E-state index in [1.54, 1.807) is 13.0 Å². The Balaban J connectivity index is 3.27. The maximum absolute atomic E-state index is 10.7. The number of hydrogen-bond donors (Lipinski definition) is 2. The van der Waals surface area contributed by atoms with Gasteiger partial charge in [0, 0.05) is 10.0 Å². The van der Waals surface area contributed by atoms with Gasteiger partial charge in [-0.15, -0.1) is 0 Å². The van der Waals surface area contributed by atoms with Crippen LogP contribution in [0.15, 0.2) is 16.6 Å². The van der Waals surface area contributed by atoms with Crippen molar-refractivity contribution in [3.05, 3.63) is 27.7 Å². The zero-order valence-electron chi connectivity index (χ0n) is 8.32. The lowest BCUT2D eigenvalue weighted by Crippen LogP contribution is -2.11. The highest BCUT2D eigenvalue weighted by atomic mass is 79.9. The summed E-state index contributed by atoms with van der Waals surface area (Å²) in [5.41, 5.74) is 1.10. The Kier molecular flexibility index (Phi) is 3.71. The van der Waals surface area contributed by atoms with Gasteiger partial charge in [-0.25, -0.2) is 4.79 Å². The summed E-state index contributed by atoms with van der Waals surface area (Å²) in [5.74, 6) is -0.769. The van der Waals surface area contributed by atoms with Gasteiger partial charge in [0.05, 0.1) is 7.11 Å². The van der Waals surface area contributed by atoms with Crippen molar-refractivity contribution in [2.45, 2.75) is 13.0 Å². The number of benzene rings is 1. The number of hydrogen-bond acceptors (Lipinski definition) is 3. The molecule has 0 aliphatic carbocycles. The van der Waals surface area contributed by atoms with Crippen molar-refractivity contribution in [1.82, 2.24) is 0 Å². The summed E-state index contributed by atoms with van der Waals surface area (Å²) >= 11 is 3.23. The Labute approximate surface area is 95.6 Å². The van der Waals surface area contributed by atoms with Gasteiger partial charge in [0.15, 0.2) is 6.10 Å². The average molecular weight is 275 g/mol. The van der Waals surface area contributed by atoms with E-state index in [0.717, 1.165) is 5.56 Å². The molecule has 0 aliphatic heterocycles. The van der Waals surface area contributed by atoms with E-state index in [1.165, 1.54) is 13.2 Å². The number of ether oxygens (including phenoxy) is 1. The first kappa shape index (κ1) is 12.0. The molecule has 0 aromatic heterocycles. The number of carbonyl (C=O) groups is 1. The van der Waals surface area contributed by atoms with E-state index in [0.29, 0.717) is 15.8 Å². The van der Waals surface area contributed by atoms with Crippen LogP contribution in [0.3, 0.4) is 0 Å². The molecule has 1 aromatic rings. The second-order valence-corrected chi connectivity index (χ2v) is 3.88. The molecule has 0 spiro atoms. The number of aryl methyl sites for hydroxylation is 1. The molecule has 1 unspecified atom stereocenters. The number of aliphatic carboxylic acids is 1. The second kappa shape index (κ2) is 4.63. The first-order valence-corrected chi connectivity index (χ1v) is 5.01. The molecule has 4 nitrogen and oxygen atoms in total. The fourth-order valence-electron chi connectivity index (χ4n) is 1.21. The van der Waals surface area contributed by atoms with Gasteiger partial charge in [-0.05, 0) is 24.6 Å². The quantitative estimate of drug-likeness (QED) is 0.883. The number of carboxylic acids is 1. The van der Waals surface area contributed by atoms with Gasteiger partial charge in [0.2, 0.25) is 0 Å². The highest BCUT2D eigenvalue weighted by molar-refractivity contribution is 9.10. The van der Waals surface area contributed by atoms with Crippen molar-refractivity contribution in [3.63, 3.8) is 0 Å². The maximum Gasteiger partial charge on any atom is 0.337 e. The minimum atomic E-state index is -1.55. The van der Waals surface area contributed by atoms with Crippen LogP contribution in [-0.2, 0) is 4.79 Å². The number of methoxy groups -OCH3 is 1. The molecule has 0 saturated heterocycles. The number of halogens is 1. The van der Waals surface area contributed by atoms with Gasteiger partial charge >= 0.3 is 5.97 Å². The SMILES string of the molecule is COc1cc(C)c(Br)c(C(O)C(=O)O)c1. The molecule has 0 bridgehead atoms. The summed E-state index contributed by atoms with van der Waals surface area (Å²) in [7, 11) is 1.49. The Bertz CT molecular complexity index is 389. The average Bonchev–Trinajstić information content (AvgIpc) is 2.20. The van der Waals surface area contributed by atoms with Crippen LogP contribution in [0.1, 0.15) is 17.2 Å². The van der Waals surface area contributed by atoms with Gasteiger partial charge in [-0.1, -0.05) is 15.9 Å². The van der Waals surface area contributed by atoms with Gasteiger partial charge in [-0.2, -0.15) is 0 Å². The normalized spacial score (nSPS) is 12.3. The molecule has 1 atom stereocenters. The zero-order valence-corrected chi connectivity index (χ0v) is 9.91. The minimum absolute atomic E-state index is 0.291. The van der Waals surface area contributed by atoms with Crippen LogP contribution in [-0.4, -0.2) is 23.3 Å². The van der Waals surface area contributed by atoms with Crippen molar-refractivity contribution >= 4 is 21.9 Å². The lowest BCUT2D eigenvalue weighted by molar-refractivity contribution is -0.147. The van der Waals surface area contributed by atoms with Crippen molar-refractivity contribution in [2.24, 2.45) is 0 Å². The molecule has 0 saturated carbocycles. The summed E-state index contributed by atoms with van der Waals surface area (Å²) in [4.78, 5) is 10.7. The van der Waals surface area contributed by atoms with Crippen LogP contribution < -0.4 is 4.74 Å². The number of aliphatic hydroxyl groups excluding tert-OH is 1. The second-order valence-electron chi connectivity index (χ2n) is 3.09. The van der Waals surface area contributed by atoms with Gasteiger partial charge < -0.3 is 14.9 Å². The van der Waals surface area contributed by atoms with Crippen LogP contribution in [0.4, 0.5) is 0 Å². The lowest BCUT2D eigenvalue weighted by atomic mass is 10.1. The summed E-state index contributed by atoms with van der Waals surface area (Å²) in [6.07, 6.45) is -1.55. The standard InChI is InChI=1S/C10H11BrO4/c1-5-3-6(15-2)4-7(8(5)11)9(12)10(13)14/h3-4,9,12H,1-2H3,(H,13,14). The summed E-state index contributed by atoms with van der Waals surface area (Å²) < 4.78 is 5.58. The third kappa shape index (κ3) is 2.49. The van der Waals surface area contributed by atoms with Crippen LogP contribution in [0, 0.1) is 6.92 Å². The molecule has 1 aromatic carbocycles. The van der Waals surface area contributed by atoms with E-state index in [9.17, 15) is 9.90 Å². The molecule has 0 fully saturated rings. The summed E-state index contributed by atoms with van der Waals surface area (Å²) in [5, 5.41) is 18.1. The van der Waals surface area contributed by atoms with E-state index >= 15 is 0 Å². The highest BCUT2D eigenvalue weighted by Gasteiger charge is 2.20. The number of carboxylic acid groups (broad SMARTS) is 1. The number of rotatable bonds is 3. The molecule has 0 aliphatic rings. The van der Waals surface area contributed by atoms with E-state index in [1.807, 2.05) is 0 Å². The minimum Gasteiger partial charge on any atom is -0.497 e. The van der Waals surface area contributed by atoms with Crippen molar-refractivity contribution < 1.29 is 19.7 Å². The molecule has 82 valence electrons. The van der Waals surface area contributed by atoms with Gasteiger partial charge in [-0.3, -0.25) is 0 Å². The molecular formula is C10H11BrO4. The Hall–Kier alpha value is -1.07. The van der Waals surface area contributed by atoms with E-state index in [4.69, 9.17) is 9.84 Å². The van der Waals surface area contributed by atoms with Crippen molar-refractivity contribution in [2.75, 3.05) is 7.11 Å². The van der Waals surface area contributed by atoms with E-state index in [-0.39, 0.29) is 0 Å². The topological polar surface area (TPSA) is 66.8 Å². The molecule has 2 N–H and O–H groups in total. The Morgan fingerprint density at radius 2 is 2.13 bits per heavy atom. The third-order valence-electron chi connectivity index (χ3n) is 2.02. The van der Waals surface area contributed by atoms with Crippen molar-refractivity contribution in [3.8, 4) is 5.75 Å². The summed E-state index contributed by atoms with van der Waals surface area (Å²) in [6.45, 7) is 1.80. The molecular weight excluding hydrogens is 264 g/mol. The van der Waals surface area contributed by atoms with Crippen LogP contribution >= 0.6 is 15.9 Å². The molecule has 0 radical (unpaired) electrons. The van der Waals surface area contributed by atoms with Crippen LogP contribution in [0.5, 0.6) is 5.75 Å². The molecule has 15 heavy (non-hydrogen) atoms. The predicted octanol–water partition coefficient (Wildman–Crippen LogP) is 1.88. The molecule has 5 heteroatoms. The molecule has 0 amide bonds. The van der Waals surface area contributed by atoms with Gasteiger partial charge in [0.1, 0.15) is 5.75 Å². The largest absolute Gasteiger partial charge is 0.497 e. The van der Waals surface area contributed by atoms with Crippen LogP contribution in [0.2, 0.25) is 0 Å². The highest BCUT2D eigenvalue weighted by Crippen LogP contribution is 2.31. The predicted molar refractivity (Wildman–Crippen MR) is 58.0 cm³/mol. The fraction of sp³-hybridized carbons (Fsp3) is 0.300. The molecule has 0 heterocycles. The number of aliphatic hydroxyl groups is 1. The summed E-state index contributed by atoms with van der Waals surface area (Å²) in [6, 6.07) is 3.25. The smallest absolute Gasteiger partial charge is 0.337 e. The van der Waals surface area contributed by atoms with E-state index in [2.05, 4.69) is 15.9 Å². The van der Waals surface area contributed by atoms with Crippen LogP contribution in [0.25, 0.3) is 0 Å². The third-order valence-corrected chi connectivity index (χ3v) is 3.10. The first-order chi connectivity index (χ1) is 6.97. The first-order valence-electron chi connectivity index (χ1n) is 4.22. The van der Waals surface area contributed by atoms with E-state index < -0.39 is 12.1 Å². The molecule has 1 rings (SSSR count). The Morgan fingerprint density at radius 1 is 1.53 bits per heavy atom. The fourth-order valence-corrected chi connectivity index (χ4v) is 1.66. The maximum atomic E-state index is 10.7. The monoisotopic (exact) mass is 274 g/mol.